The number of aliphatic hydroxyl groups is 1. The van der Waals surface area contributed by atoms with Crippen molar-refractivity contribution in [1.82, 2.24) is 10.2 Å². The van der Waals surface area contributed by atoms with Gasteiger partial charge in [0.1, 0.15) is 11.9 Å². The molecule has 2 aromatic carbocycles. The third-order valence-corrected chi connectivity index (χ3v) is 4.87. The van der Waals surface area contributed by atoms with Crippen LogP contribution in [0, 0.1) is 5.82 Å². The Kier molecular flexibility index (Phi) is 5.77. The molecule has 0 aromatic heterocycles. The van der Waals surface area contributed by atoms with E-state index in [9.17, 15) is 19.1 Å². The molecule has 0 saturated carbocycles. The summed E-state index contributed by atoms with van der Waals surface area (Å²) in [7, 11) is 0. The van der Waals surface area contributed by atoms with Crippen LogP contribution in [0.1, 0.15) is 30.5 Å². The van der Waals surface area contributed by atoms with E-state index in [1.54, 1.807) is 36.4 Å². The third kappa shape index (κ3) is 4.46. The minimum absolute atomic E-state index is 0.120. The molecule has 142 valence electrons. The Hall–Kier alpha value is -2.44. The molecule has 2 N–H and O–H groups in total. The van der Waals surface area contributed by atoms with Crippen molar-refractivity contribution < 1.29 is 19.1 Å². The maximum atomic E-state index is 13.8. The Morgan fingerprint density at radius 1 is 1.22 bits per heavy atom. The molecule has 5 nitrogen and oxygen atoms in total. The summed E-state index contributed by atoms with van der Waals surface area (Å²) in [4.78, 5) is 26.0. The SMILES string of the molecule is CC(=O)N1C[C@H](O)C[C@@H]1C(=O)NC(c1cccc(F)c1)c1cccc(Cl)c1. The van der Waals surface area contributed by atoms with Crippen LogP contribution in [0.4, 0.5) is 4.39 Å². The summed E-state index contributed by atoms with van der Waals surface area (Å²) in [5.41, 5.74) is 1.24. The Bertz CT molecular complexity index is 815. The van der Waals surface area contributed by atoms with Gasteiger partial charge >= 0.3 is 0 Å². The topological polar surface area (TPSA) is 69.6 Å². The predicted octanol–water partition coefficient (Wildman–Crippen LogP) is 2.67. The zero-order valence-corrected chi connectivity index (χ0v) is 15.5. The highest BCUT2D eigenvalue weighted by Gasteiger charge is 2.38. The molecule has 1 heterocycles. The van der Waals surface area contributed by atoms with Gasteiger partial charge in [-0.3, -0.25) is 9.59 Å². The number of carbonyl (C=O) groups is 2. The standard InChI is InChI=1S/C20H20ClFN2O3/c1-12(25)24-11-17(26)10-18(24)20(27)23-19(13-4-2-6-15(21)8-13)14-5-3-7-16(22)9-14/h2-9,17-19,26H,10-11H2,1H3,(H,23,27)/t17-,18-,19?/m1/s1. The Balaban J connectivity index is 1.92. The molecule has 1 aliphatic rings. The van der Waals surface area contributed by atoms with Gasteiger partial charge in [0.2, 0.25) is 11.8 Å². The lowest BCUT2D eigenvalue weighted by molar-refractivity contribution is -0.137. The van der Waals surface area contributed by atoms with Gasteiger partial charge in [0.25, 0.3) is 0 Å². The summed E-state index contributed by atoms with van der Waals surface area (Å²) in [5, 5.41) is 13.2. The number of amides is 2. The summed E-state index contributed by atoms with van der Waals surface area (Å²) in [6.07, 6.45) is -0.583. The van der Waals surface area contributed by atoms with E-state index in [-0.39, 0.29) is 18.9 Å². The van der Waals surface area contributed by atoms with Crippen LogP contribution in [-0.2, 0) is 9.59 Å². The van der Waals surface area contributed by atoms with E-state index in [1.807, 2.05) is 0 Å². The number of likely N-dealkylation sites (tertiary alicyclic amines) is 1. The summed E-state index contributed by atoms with van der Waals surface area (Å²) >= 11 is 6.08. The van der Waals surface area contributed by atoms with Gasteiger partial charge in [-0.1, -0.05) is 35.9 Å². The lowest BCUT2D eigenvalue weighted by Crippen LogP contribution is -2.46. The number of carbonyl (C=O) groups excluding carboxylic acids is 2. The van der Waals surface area contributed by atoms with Crippen LogP contribution >= 0.6 is 11.6 Å². The molecule has 1 aliphatic heterocycles. The fourth-order valence-electron chi connectivity index (χ4n) is 3.38. The van der Waals surface area contributed by atoms with Gasteiger partial charge in [0, 0.05) is 24.9 Å². The molecule has 3 atom stereocenters. The van der Waals surface area contributed by atoms with E-state index >= 15 is 0 Å². The second-order valence-electron chi connectivity index (χ2n) is 6.63. The van der Waals surface area contributed by atoms with Crippen molar-refractivity contribution in [2.45, 2.75) is 31.5 Å². The highest BCUT2D eigenvalue weighted by molar-refractivity contribution is 6.30. The van der Waals surface area contributed by atoms with E-state index < -0.39 is 29.9 Å². The molecule has 0 radical (unpaired) electrons. The Morgan fingerprint density at radius 2 is 1.89 bits per heavy atom. The number of benzene rings is 2. The Labute approximate surface area is 161 Å². The zero-order chi connectivity index (χ0) is 19.6. The molecular weight excluding hydrogens is 371 g/mol. The molecule has 3 rings (SSSR count). The third-order valence-electron chi connectivity index (χ3n) is 4.64. The number of nitrogens with one attached hydrogen (secondary N) is 1. The highest BCUT2D eigenvalue weighted by Crippen LogP contribution is 2.27. The van der Waals surface area contributed by atoms with Gasteiger partial charge in [0.15, 0.2) is 0 Å². The van der Waals surface area contributed by atoms with Crippen molar-refractivity contribution in [1.29, 1.82) is 0 Å². The van der Waals surface area contributed by atoms with Gasteiger partial charge in [-0.25, -0.2) is 4.39 Å². The van der Waals surface area contributed by atoms with Crippen LogP contribution in [0.3, 0.4) is 0 Å². The van der Waals surface area contributed by atoms with Crippen molar-refractivity contribution >= 4 is 23.4 Å². The van der Waals surface area contributed by atoms with Gasteiger partial charge in [-0.2, -0.15) is 0 Å². The molecule has 1 saturated heterocycles. The zero-order valence-electron chi connectivity index (χ0n) is 14.7. The van der Waals surface area contributed by atoms with Crippen LogP contribution in [0.2, 0.25) is 5.02 Å². The average Bonchev–Trinajstić information content (AvgIpc) is 3.02. The molecule has 2 aromatic rings. The fourth-order valence-corrected chi connectivity index (χ4v) is 3.58. The predicted molar refractivity (Wildman–Crippen MR) is 99.6 cm³/mol. The highest BCUT2D eigenvalue weighted by atomic mass is 35.5. The first-order chi connectivity index (χ1) is 12.8. The van der Waals surface area contributed by atoms with E-state index in [0.29, 0.717) is 16.1 Å². The van der Waals surface area contributed by atoms with Crippen LogP contribution < -0.4 is 5.32 Å². The summed E-state index contributed by atoms with van der Waals surface area (Å²) < 4.78 is 13.8. The average molecular weight is 391 g/mol. The van der Waals surface area contributed by atoms with Crippen LogP contribution in [-0.4, -0.2) is 40.5 Å². The quantitative estimate of drug-likeness (QED) is 0.843. The monoisotopic (exact) mass is 390 g/mol. The molecular formula is C20H20ClFN2O3. The summed E-state index contributed by atoms with van der Waals surface area (Å²) in [6.45, 7) is 1.48. The number of hydrogen-bond acceptors (Lipinski definition) is 3. The first-order valence-electron chi connectivity index (χ1n) is 8.61. The van der Waals surface area contributed by atoms with Crippen LogP contribution in [0.15, 0.2) is 48.5 Å². The number of hydrogen-bond donors (Lipinski definition) is 2. The van der Waals surface area contributed by atoms with E-state index in [4.69, 9.17) is 11.6 Å². The number of rotatable bonds is 4. The first kappa shape index (κ1) is 19.3. The first-order valence-corrected chi connectivity index (χ1v) is 8.99. The van der Waals surface area contributed by atoms with E-state index in [0.717, 1.165) is 0 Å². The van der Waals surface area contributed by atoms with E-state index in [2.05, 4.69) is 5.32 Å². The molecule has 1 fully saturated rings. The molecule has 0 spiro atoms. The molecule has 2 amide bonds. The second kappa shape index (κ2) is 8.06. The molecule has 1 unspecified atom stereocenters. The lowest BCUT2D eigenvalue weighted by atomic mass is 9.98. The van der Waals surface area contributed by atoms with Gasteiger partial charge < -0.3 is 15.3 Å². The number of aliphatic hydroxyl groups excluding tert-OH is 1. The van der Waals surface area contributed by atoms with Crippen molar-refractivity contribution in [3.05, 3.63) is 70.5 Å². The maximum Gasteiger partial charge on any atom is 0.243 e. The maximum absolute atomic E-state index is 13.8. The number of halogens is 2. The van der Waals surface area contributed by atoms with Crippen LogP contribution in [0.5, 0.6) is 0 Å². The minimum atomic E-state index is -0.771. The fraction of sp³-hybridized carbons (Fsp3) is 0.300. The Morgan fingerprint density at radius 3 is 2.52 bits per heavy atom. The van der Waals surface area contributed by atoms with Crippen molar-refractivity contribution in [2.75, 3.05) is 6.54 Å². The van der Waals surface area contributed by atoms with Crippen LogP contribution in [0.25, 0.3) is 0 Å². The van der Waals surface area contributed by atoms with Crippen molar-refractivity contribution in [3.8, 4) is 0 Å². The molecule has 0 aliphatic carbocycles. The van der Waals surface area contributed by atoms with Crippen molar-refractivity contribution in [3.63, 3.8) is 0 Å². The van der Waals surface area contributed by atoms with E-state index in [1.165, 1.54) is 24.0 Å². The van der Waals surface area contributed by atoms with Crippen molar-refractivity contribution in [2.24, 2.45) is 0 Å². The second-order valence-corrected chi connectivity index (χ2v) is 7.06. The molecule has 27 heavy (non-hydrogen) atoms. The van der Waals surface area contributed by atoms with Gasteiger partial charge in [0.05, 0.1) is 12.1 Å². The van der Waals surface area contributed by atoms with Gasteiger partial charge in [-0.15, -0.1) is 0 Å². The normalized spacial score (nSPS) is 20.4. The summed E-state index contributed by atoms with van der Waals surface area (Å²) in [6, 6.07) is 11.5. The van der Waals surface area contributed by atoms with Gasteiger partial charge in [-0.05, 0) is 35.4 Å². The number of β-amino-alcohol motifs (C(OH)–C–C–N with tert-alkyl or cyclic N) is 1. The number of nitrogens with zero attached hydrogens (tertiary/aromatic N) is 1. The lowest BCUT2D eigenvalue weighted by Gasteiger charge is -2.26. The largest absolute Gasteiger partial charge is 0.391 e. The molecule has 7 heteroatoms. The summed E-state index contributed by atoms with van der Waals surface area (Å²) in [5.74, 6) is -1.11. The smallest absolute Gasteiger partial charge is 0.243 e. The minimum Gasteiger partial charge on any atom is -0.391 e. The molecule has 0 bridgehead atoms.